The zero-order valence-electron chi connectivity index (χ0n) is 22.9. The molecule has 2 heterocycles. The predicted octanol–water partition coefficient (Wildman–Crippen LogP) is -5.65. The van der Waals surface area contributed by atoms with Crippen LogP contribution in [0.3, 0.4) is 0 Å². The van der Waals surface area contributed by atoms with Gasteiger partial charge in [-0.15, -0.1) is 0 Å². The Labute approximate surface area is 241 Å². The van der Waals surface area contributed by atoms with Crippen LogP contribution in [0.2, 0.25) is 0 Å². The molecule has 0 spiro atoms. The number of nitrogens with zero attached hydrogens (tertiary/aromatic N) is 3. The Morgan fingerprint density at radius 2 is 1.45 bits per heavy atom. The van der Waals surface area contributed by atoms with E-state index in [4.69, 9.17) is 41.7 Å². The number of carbonyl (C=O) groups is 1. The Balaban J connectivity index is 1.63. The van der Waals surface area contributed by atoms with Gasteiger partial charge in [0.25, 0.3) is 0 Å². The summed E-state index contributed by atoms with van der Waals surface area (Å²) in [5, 5.41) is 78.4. The molecule has 1 saturated carbocycles. The van der Waals surface area contributed by atoms with Gasteiger partial charge in [0, 0.05) is 36.5 Å². The van der Waals surface area contributed by atoms with Crippen molar-refractivity contribution in [2.24, 2.45) is 22.3 Å². The maximum atomic E-state index is 12.2. The fraction of sp³-hybridized carbons (Fsp3) is 0.957. The first-order chi connectivity index (χ1) is 19.9. The first-order valence-electron chi connectivity index (χ1n) is 13.8. The minimum Gasteiger partial charge on any atom is -0.394 e. The number of hydrogen-bond donors (Lipinski definition) is 11. The molecule has 19 heteroatoms. The number of azide groups is 1. The van der Waals surface area contributed by atoms with Crippen LogP contribution in [0.15, 0.2) is 5.11 Å². The van der Waals surface area contributed by atoms with Crippen molar-refractivity contribution < 1.29 is 59.5 Å². The fourth-order valence-corrected chi connectivity index (χ4v) is 5.19. The summed E-state index contributed by atoms with van der Waals surface area (Å²) < 4.78 is 22.6. The van der Waals surface area contributed by atoms with E-state index in [-0.39, 0.29) is 31.8 Å². The molecule has 3 aliphatic rings. The second kappa shape index (κ2) is 15.8. The van der Waals surface area contributed by atoms with Crippen molar-refractivity contribution >= 4 is 5.91 Å². The summed E-state index contributed by atoms with van der Waals surface area (Å²) in [6, 6.07) is -3.04. The number of aliphatic hydroxyl groups is 7. The summed E-state index contributed by atoms with van der Waals surface area (Å²) in [6.45, 7) is -0.621. The lowest BCUT2D eigenvalue weighted by atomic mass is 9.84. The quantitative estimate of drug-likeness (QED) is 0.0425. The highest BCUT2D eigenvalue weighted by Gasteiger charge is 2.51. The maximum Gasteiger partial charge on any atom is 0.220 e. The topological polar surface area (TPSA) is 334 Å². The van der Waals surface area contributed by atoms with E-state index < -0.39 is 98.4 Å². The molecular formula is C23H43N7O12. The molecule has 3 fully saturated rings. The van der Waals surface area contributed by atoms with Crippen LogP contribution in [0, 0.1) is 0 Å². The van der Waals surface area contributed by atoms with E-state index in [1.807, 2.05) is 0 Å². The molecule has 2 saturated heterocycles. The Bertz CT molecular complexity index is 917. The van der Waals surface area contributed by atoms with E-state index in [0.29, 0.717) is 12.8 Å². The molecule has 0 radical (unpaired) electrons. The van der Waals surface area contributed by atoms with Crippen LogP contribution in [0.4, 0.5) is 0 Å². The Morgan fingerprint density at radius 3 is 2.05 bits per heavy atom. The number of unbranched alkanes of at least 4 members (excludes halogenated alkanes) is 1. The van der Waals surface area contributed by atoms with E-state index in [0.717, 1.165) is 0 Å². The zero-order chi connectivity index (χ0) is 31.1. The van der Waals surface area contributed by atoms with E-state index in [2.05, 4.69) is 15.3 Å². The minimum atomic E-state index is -1.77. The van der Waals surface area contributed by atoms with Gasteiger partial charge in [-0.2, -0.15) is 0 Å². The highest BCUT2D eigenvalue weighted by molar-refractivity contribution is 5.75. The van der Waals surface area contributed by atoms with Crippen LogP contribution in [-0.2, 0) is 23.7 Å². The smallest absolute Gasteiger partial charge is 0.220 e. The lowest BCUT2D eigenvalue weighted by Crippen LogP contribution is -2.68. The SMILES string of the molecule is [N-]=[N+]=NCCCCC(=O)NCC1OC(OC2C(N)CC(N)C(OC3OC(CO)C(O)C(N)C3O)C2O)C(O)C(O)C1O. The average Bonchev–Trinajstić information content (AvgIpc) is 2.96. The molecule has 0 aromatic heterocycles. The number of carbonyl (C=O) groups excluding carboxylic acids is 1. The number of nitrogens with two attached hydrogens (primary N) is 3. The van der Waals surface area contributed by atoms with Crippen LogP contribution < -0.4 is 22.5 Å². The van der Waals surface area contributed by atoms with E-state index in [1.165, 1.54) is 0 Å². The highest BCUT2D eigenvalue weighted by atomic mass is 16.7. The van der Waals surface area contributed by atoms with Crippen LogP contribution in [0.5, 0.6) is 0 Å². The second-order valence-corrected chi connectivity index (χ2v) is 10.8. The molecule has 0 aromatic carbocycles. The molecule has 15 unspecified atom stereocenters. The number of nitrogens with one attached hydrogen (secondary N) is 1. The van der Waals surface area contributed by atoms with Gasteiger partial charge in [-0.05, 0) is 24.8 Å². The Morgan fingerprint density at radius 1 is 0.857 bits per heavy atom. The molecule has 0 bridgehead atoms. The first-order valence-corrected chi connectivity index (χ1v) is 13.8. The molecule has 0 aromatic rings. The Hall–Kier alpha value is -1.78. The summed E-state index contributed by atoms with van der Waals surface area (Å²) in [4.78, 5) is 14.8. The average molecular weight is 610 g/mol. The van der Waals surface area contributed by atoms with Gasteiger partial charge in [-0.3, -0.25) is 4.79 Å². The molecular weight excluding hydrogens is 566 g/mol. The molecule has 1 amide bonds. The third-order valence-corrected chi connectivity index (χ3v) is 7.73. The summed E-state index contributed by atoms with van der Waals surface area (Å²) in [7, 11) is 0. The number of rotatable bonds is 12. The molecule has 2 aliphatic heterocycles. The van der Waals surface area contributed by atoms with Gasteiger partial charge in [-0.25, -0.2) is 0 Å². The fourth-order valence-electron chi connectivity index (χ4n) is 5.19. The van der Waals surface area contributed by atoms with Crippen LogP contribution in [-0.4, -0.2) is 153 Å². The normalized spacial score (nSPS) is 44.3. The summed E-state index contributed by atoms with van der Waals surface area (Å²) in [6.07, 6.45) is -16.5. The standard InChI is InChI=1S/C23H43N7O12/c24-8-5-9(25)21(19(38)20(8)41-22-16(35)13(26)14(33)11(7-31)40-22)42-23-18(37)17(36)15(34)10(39-23)6-28-12(32)3-1-2-4-29-30-27/h8-11,13-23,31,33-38H,1-7,24-26H2,(H,28,32). The minimum absolute atomic E-state index is 0.0282. The van der Waals surface area contributed by atoms with Gasteiger partial charge in [0.15, 0.2) is 12.6 Å². The molecule has 3 rings (SSSR count). The van der Waals surface area contributed by atoms with Crippen molar-refractivity contribution in [3.8, 4) is 0 Å². The van der Waals surface area contributed by atoms with Gasteiger partial charge < -0.3 is 77.2 Å². The van der Waals surface area contributed by atoms with Crippen molar-refractivity contribution in [2.75, 3.05) is 19.7 Å². The van der Waals surface area contributed by atoms with Crippen molar-refractivity contribution in [2.45, 2.75) is 117 Å². The largest absolute Gasteiger partial charge is 0.394 e. The van der Waals surface area contributed by atoms with Crippen molar-refractivity contribution in [3.05, 3.63) is 10.4 Å². The molecule has 19 nitrogen and oxygen atoms in total. The number of ether oxygens (including phenoxy) is 4. The number of hydrogen-bond acceptors (Lipinski definition) is 16. The number of amides is 1. The molecule has 42 heavy (non-hydrogen) atoms. The van der Waals surface area contributed by atoms with Crippen molar-refractivity contribution in [1.29, 1.82) is 0 Å². The van der Waals surface area contributed by atoms with Crippen LogP contribution >= 0.6 is 0 Å². The lowest BCUT2D eigenvalue weighted by molar-refractivity contribution is -0.332. The van der Waals surface area contributed by atoms with Gasteiger partial charge in [0.1, 0.15) is 61.0 Å². The molecule has 242 valence electrons. The Kier molecular flexibility index (Phi) is 13.1. The van der Waals surface area contributed by atoms with Crippen LogP contribution in [0.25, 0.3) is 10.4 Å². The molecule has 15 atom stereocenters. The van der Waals surface area contributed by atoms with Gasteiger partial charge in [0.05, 0.1) is 12.6 Å². The predicted molar refractivity (Wildman–Crippen MR) is 140 cm³/mol. The van der Waals surface area contributed by atoms with E-state index in [1.54, 1.807) is 0 Å². The first kappa shape index (κ1) is 34.7. The highest BCUT2D eigenvalue weighted by Crippen LogP contribution is 2.31. The third-order valence-electron chi connectivity index (χ3n) is 7.73. The van der Waals surface area contributed by atoms with Gasteiger partial charge in [-0.1, -0.05) is 5.11 Å². The molecule has 14 N–H and O–H groups in total. The zero-order valence-corrected chi connectivity index (χ0v) is 22.9. The van der Waals surface area contributed by atoms with Gasteiger partial charge in [0.2, 0.25) is 5.91 Å². The number of aliphatic hydroxyl groups excluding tert-OH is 7. The summed E-state index contributed by atoms with van der Waals surface area (Å²) in [5.41, 5.74) is 26.4. The lowest BCUT2D eigenvalue weighted by Gasteiger charge is -2.48. The van der Waals surface area contributed by atoms with Crippen LogP contribution in [0.1, 0.15) is 25.7 Å². The second-order valence-electron chi connectivity index (χ2n) is 10.8. The summed E-state index contributed by atoms with van der Waals surface area (Å²) >= 11 is 0. The summed E-state index contributed by atoms with van der Waals surface area (Å²) in [5.74, 6) is -0.383. The van der Waals surface area contributed by atoms with Crippen molar-refractivity contribution in [1.82, 2.24) is 5.32 Å². The third kappa shape index (κ3) is 8.23. The maximum absolute atomic E-state index is 12.2. The van der Waals surface area contributed by atoms with Gasteiger partial charge >= 0.3 is 0 Å². The van der Waals surface area contributed by atoms with E-state index in [9.17, 15) is 40.5 Å². The van der Waals surface area contributed by atoms with Crippen molar-refractivity contribution in [3.63, 3.8) is 0 Å². The molecule has 1 aliphatic carbocycles. The van der Waals surface area contributed by atoms with E-state index >= 15 is 0 Å². The monoisotopic (exact) mass is 609 g/mol.